The standard InChI is InChI=1S/C13H13N3O4S/c1-2-8-5-6-21-11(8)7-14-12-10(16(19)20)4-3-9(15-12)13(17)18/h3-6H,2,7H2,1H3,(H,14,15)(H,17,18). The molecule has 0 aliphatic rings. The van der Waals surface area contributed by atoms with Crippen molar-refractivity contribution in [3.05, 3.63) is 49.8 Å². The Labute approximate surface area is 124 Å². The number of aryl methyl sites for hydroxylation is 1. The molecule has 2 aromatic heterocycles. The molecule has 2 heterocycles. The highest BCUT2D eigenvalue weighted by Crippen LogP contribution is 2.24. The third-order valence-electron chi connectivity index (χ3n) is 2.92. The van der Waals surface area contributed by atoms with E-state index in [-0.39, 0.29) is 17.2 Å². The van der Waals surface area contributed by atoms with Gasteiger partial charge in [-0.15, -0.1) is 11.3 Å². The van der Waals surface area contributed by atoms with E-state index in [2.05, 4.69) is 10.3 Å². The molecule has 0 amide bonds. The van der Waals surface area contributed by atoms with Crippen molar-refractivity contribution in [1.82, 2.24) is 4.98 Å². The van der Waals surface area contributed by atoms with Crippen molar-refractivity contribution in [1.29, 1.82) is 0 Å². The molecule has 0 unspecified atom stereocenters. The van der Waals surface area contributed by atoms with Crippen molar-refractivity contribution < 1.29 is 14.8 Å². The zero-order valence-electron chi connectivity index (χ0n) is 11.2. The lowest BCUT2D eigenvalue weighted by Crippen LogP contribution is -2.08. The first-order valence-electron chi connectivity index (χ1n) is 6.20. The minimum absolute atomic E-state index is 0.0321. The number of nitrogens with zero attached hydrogens (tertiary/aromatic N) is 2. The van der Waals surface area contributed by atoms with E-state index in [4.69, 9.17) is 5.11 Å². The molecule has 0 spiro atoms. The van der Waals surface area contributed by atoms with Crippen molar-refractivity contribution in [2.45, 2.75) is 19.9 Å². The topological polar surface area (TPSA) is 105 Å². The van der Waals surface area contributed by atoms with Crippen LogP contribution in [0, 0.1) is 10.1 Å². The van der Waals surface area contributed by atoms with Gasteiger partial charge in [0.25, 0.3) is 0 Å². The van der Waals surface area contributed by atoms with E-state index < -0.39 is 10.9 Å². The van der Waals surface area contributed by atoms with Gasteiger partial charge >= 0.3 is 11.7 Å². The van der Waals surface area contributed by atoms with Gasteiger partial charge in [-0.05, 0) is 29.5 Å². The minimum Gasteiger partial charge on any atom is -0.477 e. The van der Waals surface area contributed by atoms with Crippen molar-refractivity contribution in [2.24, 2.45) is 0 Å². The Balaban J connectivity index is 2.27. The first kappa shape index (κ1) is 14.9. The van der Waals surface area contributed by atoms with Crippen molar-refractivity contribution in [3.8, 4) is 0 Å². The van der Waals surface area contributed by atoms with Gasteiger partial charge in [0.2, 0.25) is 5.82 Å². The molecular weight excluding hydrogens is 294 g/mol. The fourth-order valence-corrected chi connectivity index (χ4v) is 2.77. The maximum atomic E-state index is 11.0. The van der Waals surface area contributed by atoms with Crippen LogP contribution in [0.2, 0.25) is 0 Å². The normalized spacial score (nSPS) is 10.3. The largest absolute Gasteiger partial charge is 0.477 e. The van der Waals surface area contributed by atoms with E-state index in [0.717, 1.165) is 29.0 Å². The van der Waals surface area contributed by atoms with Crippen molar-refractivity contribution in [3.63, 3.8) is 0 Å². The fourth-order valence-electron chi connectivity index (χ4n) is 1.85. The maximum absolute atomic E-state index is 11.0. The molecule has 0 aliphatic heterocycles. The molecule has 2 rings (SSSR count). The number of pyridine rings is 1. The van der Waals surface area contributed by atoms with Crippen LogP contribution >= 0.6 is 11.3 Å². The summed E-state index contributed by atoms with van der Waals surface area (Å²) in [6.45, 7) is 2.40. The van der Waals surface area contributed by atoms with E-state index in [9.17, 15) is 14.9 Å². The molecule has 0 fully saturated rings. The zero-order chi connectivity index (χ0) is 15.4. The van der Waals surface area contributed by atoms with Crippen LogP contribution in [0.4, 0.5) is 11.5 Å². The summed E-state index contributed by atoms with van der Waals surface area (Å²) in [6, 6.07) is 4.26. The van der Waals surface area contributed by atoms with Crippen LogP contribution in [0.25, 0.3) is 0 Å². The number of carboxylic acid groups (broad SMARTS) is 1. The number of carboxylic acids is 1. The molecule has 2 N–H and O–H groups in total. The first-order chi connectivity index (χ1) is 10.0. The summed E-state index contributed by atoms with van der Waals surface area (Å²) in [6.07, 6.45) is 0.866. The molecular formula is C13H13N3O4S. The van der Waals surface area contributed by atoms with Gasteiger partial charge in [0, 0.05) is 10.9 Å². The summed E-state index contributed by atoms with van der Waals surface area (Å²) in [5, 5.41) is 24.7. The second kappa shape index (κ2) is 6.31. The Morgan fingerprint density at radius 1 is 1.48 bits per heavy atom. The lowest BCUT2D eigenvalue weighted by atomic mass is 10.2. The Hall–Kier alpha value is -2.48. The third kappa shape index (κ3) is 3.34. The van der Waals surface area contributed by atoms with E-state index in [1.54, 1.807) is 11.3 Å². The zero-order valence-corrected chi connectivity index (χ0v) is 12.0. The molecule has 0 saturated carbocycles. The molecule has 2 aromatic rings. The smallest absolute Gasteiger partial charge is 0.354 e. The number of thiophene rings is 1. The summed E-state index contributed by atoms with van der Waals surface area (Å²) in [5.74, 6) is -1.26. The number of aromatic nitrogens is 1. The van der Waals surface area contributed by atoms with Crippen molar-refractivity contribution >= 4 is 28.8 Å². The summed E-state index contributed by atoms with van der Waals surface area (Å²) in [7, 11) is 0. The van der Waals surface area contributed by atoms with Crippen LogP contribution in [-0.4, -0.2) is 21.0 Å². The molecule has 0 aliphatic carbocycles. The Morgan fingerprint density at radius 3 is 2.86 bits per heavy atom. The van der Waals surface area contributed by atoms with Crippen LogP contribution in [0.5, 0.6) is 0 Å². The van der Waals surface area contributed by atoms with E-state index in [0.29, 0.717) is 6.54 Å². The number of nitro groups is 1. The number of nitrogens with one attached hydrogen (secondary N) is 1. The molecule has 0 radical (unpaired) electrons. The van der Waals surface area contributed by atoms with E-state index in [1.807, 2.05) is 18.4 Å². The second-order valence-corrected chi connectivity index (χ2v) is 5.20. The molecule has 0 saturated heterocycles. The third-order valence-corrected chi connectivity index (χ3v) is 3.89. The number of aromatic carboxylic acids is 1. The van der Waals surface area contributed by atoms with Crippen molar-refractivity contribution in [2.75, 3.05) is 5.32 Å². The van der Waals surface area contributed by atoms with Crippen LogP contribution in [0.3, 0.4) is 0 Å². The van der Waals surface area contributed by atoms with Gasteiger partial charge in [-0.1, -0.05) is 6.92 Å². The summed E-state index contributed by atoms with van der Waals surface area (Å²) >= 11 is 1.54. The highest BCUT2D eigenvalue weighted by atomic mass is 32.1. The molecule has 21 heavy (non-hydrogen) atoms. The average molecular weight is 307 g/mol. The number of hydrogen-bond acceptors (Lipinski definition) is 6. The SMILES string of the molecule is CCc1ccsc1CNc1nc(C(=O)O)ccc1[N+](=O)[O-]. The lowest BCUT2D eigenvalue weighted by Gasteiger charge is -2.07. The van der Waals surface area contributed by atoms with Gasteiger partial charge in [0.1, 0.15) is 0 Å². The quantitative estimate of drug-likeness (QED) is 0.628. The highest BCUT2D eigenvalue weighted by molar-refractivity contribution is 7.10. The van der Waals surface area contributed by atoms with Crippen LogP contribution < -0.4 is 5.32 Å². The van der Waals surface area contributed by atoms with Crippen LogP contribution in [0.15, 0.2) is 23.6 Å². The fraction of sp³-hybridized carbons (Fsp3) is 0.231. The summed E-state index contributed by atoms with van der Waals surface area (Å²) in [5.41, 5.74) is 0.684. The van der Waals surface area contributed by atoms with Gasteiger partial charge in [-0.2, -0.15) is 0 Å². The number of rotatable bonds is 6. The van der Waals surface area contributed by atoms with Gasteiger partial charge in [-0.25, -0.2) is 9.78 Å². The average Bonchev–Trinajstić information content (AvgIpc) is 2.91. The van der Waals surface area contributed by atoms with E-state index >= 15 is 0 Å². The monoisotopic (exact) mass is 307 g/mol. The molecule has 110 valence electrons. The molecule has 0 atom stereocenters. The maximum Gasteiger partial charge on any atom is 0.354 e. The molecule has 0 bridgehead atoms. The second-order valence-electron chi connectivity index (χ2n) is 4.20. The summed E-state index contributed by atoms with van der Waals surface area (Å²) < 4.78 is 0. The minimum atomic E-state index is -1.22. The van der Waals surface area contributed by atoms with E-state index in [1.165, 1.54) is 0 Å². The van der Waals surface area contributed by atoms with Crippen LogP contribution in [-0.2, 0) is 13.0 Å². The Bertz CT molecular complexity index is 684. The van der Waals surface area contributed by atoms with Crippen LogP contribution in [0.1, 0.15) is 27.9 Å². The first-order valence-corrected chi connectivity index (χ1v) is 7.08. The number of hydrogen-bond donors (Lipinski definition) is 2. The molecule has 7 nitrogen and oxygen atoms in total. The molecule has 8 heteroatoms. The number of anilines is 1. The molecule has 0 aromatic carbocycles. The lowest BCUT2D eigenvalue weighted by molar-refractivity contribution is -0.384. The van der Waals surface area contributed by atoms with Gasteiger partial charge in [-0.3, -0.25) is 10.1 Å². The number of carbonyl (C=O) groups is 1. The van der Waals surface area contributed by atoms with Gasteiger partial charge in [0.15, 0.2) is 5.69 Å². The van der Waals surface area contributed by atoms with Gasteiger partial charge in [0.05, 0.1) is 11.5 Å². The summed E-state index contributed by atoms with van der Waals surface area (Å²) in [4.78, 5) is 26.1. The highest BCUT2D eigenvalue weighted by Gasteiger charge is 2.18. The van der Waals surface area contributed by atoms with Gasteiger partial charge < -0.3 is 10.4 Å². The Morgan fingerprint density at radius 2 is 2.24 bits per heavy atom. The predicted octanol–water partition coefficient (Wildman–Crippen LogP) is 2.92. The predicted molar refractivity (Wildman–Crippen MR) is 78.9 cm³/mol. The Kier molecular flexibility index (Phi) is 4.49.